The van der Waals surface area contributed by atoms with Gasteiger partial charge >= 0.3 is 0 Å². The van der Waals surface area contributed by atoms with Crippen LogP contribution in [0.2, 0.25) is 0 Å². The second-order valence-corrected chi connectivity index (χ2v) is 4.20. The summed E-state index contributed by atoms with van der Waals surface area (Å²) in [6.45, 7) is 3.23. The molecule has 2 N–H and O–H groups in total. The SMILES string of the molecule is CCN(c1cncc(N)c1)C1CCCC1. The number of hydrogen-bond acceptors (Lipinski definition) is 3. The summed E-state index contributed by atoms with van der Waals surface area (Å²) in [4.78, 5) is 6.58. The molecule has 0 spiro atoms. The van der Waals surface area contributed by atoms with Gasteiger partial charge in [-0.25, -0.2) is 0 Å². The van der Waals surface area contributed by atoms with Crippen LogP contribution in [0.25, 0.3) is 0 Å². The van der Waals surface area contributed by atoms with Crippen LogP contribution in [0, 0.1) is 0 Å². The van der Waals surface area contributed by atoms with Gasteiger partial charge in [0, 0.05) is 18.8 Å². The van der Waals surface area contributed by atoms with Crippen molar-refractivity contribution in [3.05, 3.63) is 18.5 Å². The van der Waals surface area contributed by atoms with E-state index in [4.69, 9.17) is 5.73 Å². The van der Waals surface area contributed by atoms with Crippen LogP contribution in [0.1, 0.15) is 32.6 Å². The van der Waals surface area contributed by atoms with Crippen LogP contribution in [0.4, 0.5) is 11.4 Å². The number of nitrogens with two attached hydrogens (primary N) is 1. The fourth-order valence-corrected chi connectivity index (χ4v) is 2.47. The maximum atomic E-state index is 5.76. The normalized spacial score (nSPS) is 16.9. The van der Waals surface area contributed by atoms with Crippen molar-refractivity contribution in [3.63, 3.8) is 0 Å². The Morgan fingerprint density at radius 3 is 2.73 bits per heavy atom. The first-order chi connectivity index (χ1) is 7.31. The molecule has 82 valence electrons. The molecular formula is C12H19N3. The summed E-state index contributed by atoms with van der Waals surface area (Å²) in [5.74, 6) is 0. The molecule has 0 amide bonds. The summed E-state index contributed by atoms with van der Waals surface area (Å²) in [5.41, 5.74) is 7.69. The maximum Gasteiger partial charge on any atom is 0.0575 e. The summed E-state index contributed by atoms with van der Waals surface area (Å²) < 4.78 is 0. The second-order valence-electron chi connectivity index (χ2n) is 4.20. The summed E-state index contributed by atoms with van der Waals surface area (Å²) in [6.07, 6.45) is 8.95. The van der Waals surface area contributed by atoms with Crippen molar-refractivity contribution in [1.29, 1.82) is 0 Å². The number of nitrogens with zero attached hydrogens (tertiary/aromatic N) is 2. The van der Waals surface area contributed by atoms with Crippen molar-refractivity contribution in [2.45, 2.75) is 38.6 Å². The molecule has 0 aliphatic heterocycles. The summed E-state index contributed by atoms with van der Waals surface area (Å²) in [5, 5.41) is 0. The Bertz CT molecular complexity index is 318. The highest BCUT2D eigenvalue weighted by atomic mass is 15.2. The molecule has 1 heterocycles. The van der Waals surface area contributed by atoms with E-state index in [-0.39, 0.29) is 0 Å². The van der Waals surface area contributed by atoms with Gasteiger partial charge in [-0.3, -0.25) is 4.98 Å². The Morgan fingerprint density at radius 1 is 1.40 bits per heavy atom. The quantitative estimate of drug-likeness (QED) is 0.824. The van der Waals surface area contributed by atoms with Crippen molar-refractivity contribution in [2.24, 2.45) is 0 Å². The standard InChI is InChI=1S/C12H19N3/c1-2-15(11-5-3-4-6-11)12-7-10(13)8-14-9-12/h7-9,11H,2-6,13H2,1H3. The summed E-state index contributed by atoms with van der Waals surface area (Å²) in [6, 6.07) is 2.72. The Morgan fingerprint density at radius 2 is 2.13 bits per heavy atom. The van der Waals surface area contributed by atoms with Gasteiger partial charge in [0.1, 0.15) is 0 Å². The molecule has 0 aromatic carbocycles. The molecule has 1 aliphatic carbocycles. The van der Waals surface area contributed by atoms with E-state index in [0.29, 0.717) is 6.04 Å². The van der Waals surface area contributed by atoms with Gasteiger partial charge in [-0.05, 0) is 25.8 Å². The molecule has 1 saturated carbocycles. The van der Waals surface area contributed by atoms with E-state index in [9.17, 15) is 0 Å². The maximum absolute atomic E-state index is 5.76. The van der Waals surface area contributed by atoms with E-state index in [0.717, 1.165) is 12.2 Å². The van der Waals surface area contributed by atoms with Crippen molar-refractivity contribution in [2.75, 3.05) is 17.2 Å². The van der Waals surface area contributed by atoms with Gasteiger partial charge in [0.05, 0.1) is 17.6 Å². The predicted molar refractivity (Wildman–Crippen MR) is 63.9 cm³/mol. The van der Waals surface area contributed by atoms with Gasteiger partial charge in [-0.15, -0.1) is 0 Å². The van der Waals surface area contributed by atoms with Crippen LogP contribution in [0.5, 0.6) is 0 Å². The smallest absolute Gasteiger partial charge is 0.0575 e. The Balaban J connectivity index is 2.18. The van der Waals surface area contributed by atoms with Crippen LogP contribution < -0.4 is 10.6 Å². The topological polar surface area (TPSA) is 42.2 Å². The van der Waals surface area contributed by atoms with Gasteiger partial charge in [-0.2, -0.15) is 0 Å². The zero-order chi connectivity index (χ0) is 10.7. The number of rotatable bonds is 3. The highest BCUT2D eigenvalue weighted by Crippen LogP contribution is 2.28. The van der Waals surface area contributed by atoms with Crippen molar-refractivity contribution in [3.8, 4) is 0 Å². The summed E-state index contributed by atoms with van der Waals surface area (Å²) >= 11 is 0. The predicted octanol–water partition coefficient (Wildman–Crippen LogP) is 2.43. The first-order valence-electron chi connectivity index (χ1n) is 5.78. The molecule has 0 atom stereocenters. The van der Waals surface area contributed by atoms with Crippen LogP contribution in [0.3, 0.4) is 0 Å². The average Bonchev–Trinajstić information content (AvgIpc) is 2.72. The molecule has 1 aromatic heterocycles. The molecule has 3 heteroatoms. The van der Waals surface area contributed by atoms with Gasteiger partial charge in [0.2, 0.25) is 0 Å². The van der Waals surface area contributed by atoms with E-state index in [1.54, 1.807) is 6.20 Å². The van der Waals surface area contributed by atoms with Crippen molar-refractivity contribution in [1.82, 2.24) is 4.98 Å². The van der Waals surface area contributed by atoms with E-state index < -0.39 is 0 Å². The van der Waals surface area contributed by atoms with E-state index in [2.05, 4.69) is 16.8 Å². The molecule has 15 heavy (non-hydrogen) atoms. The zero-order valence-corrected chi connectivity index (χ0v) is 9.32. The van der Waals surface area contributed by atoms with Crippen molar-refractivity contribution < 1.29 is 0 Å². The minimum absolute atomic E-state index is 0.693. The minimum Gasteiger partial charge on any atom is -0.397 e. The van der Waals surface area contributed by atoms with Crippen molar-refractivity contribution >= 4 is 11.4 Å². The number of aromatic nitrogens is 1. The lowest BCUT2D eigenvalue weighted by atomic mass is 10.2. The minimum atomic E-state index is 0.693. The second kappa shape index (κ2) is 4.51. The zero-order valence-electron chi connectivity index (χ0n) is 9.32. The highest BCUT2D eigenvalue weighted by Gasteiger charge is 2.21. The number of anilines is 2. The van der Waals surface area contributed by atoms with Gasteiger partial charge in [-0.1, -0.05) is 12.8 Å². The molecular weight excluding hydrogens is 186 g/mol. The largest absolute Gasteiger partial charge is 0.397 e. The van der Waals surface area contributed by atoms with Gasteiger partial charge < -0.3 is 10.6 Å². The molecule has 3 nitrogen and oxygen atoms in total. The Labute approximate surface area is 91.3 Å². The van der Waals surface area contributed by atoms with Gasteiger partial charge in [0.15, 0.2) is 0 Å². The van der Waals surface area contributed by atoms with Crippen LogP contribution in [-0.2, 0) is 0 Å². The van der Waals surface area contributed by atoms with E-state index in [1.807, 2.05) is 12.3 Å². The number of nitrogen functional groups attached to an aromatic ring is 1. The molecule has 0 saturated heterocycles. The first-order valence-corrected chi connectivity index (χ1v) is 5.78. The monoisotopic (exact) mass is 205 g/mol. The average molecular weight is 205 g/mol. The third-order valence-electron chi connectivity index (χ3n) is 3.18. The molecule has 0 bridgehead atoms. The summed E-state index contributed by atoms with van der Waals surface area (Å²) in [7, 11) is 0. The lowest BCUT2D eigenvalue weighted by Gasteiger charge is -2.29. The lowest BCUT2D eigenvalue weighted by molar-refractivity contribution is 0.619. The number of pyridine rings is 1. The third-order valence-corrected chi connectivity index (χ3v) is 3.18. The molecule has 1 aliphatic rings. The molecule has 1 fully saturated rings. The fraction of sp³-hybridized carbons (Fsp3) is 0.583. The first kappa shape index (κ1) is 10.3. The lowest BCUT2D eigenvalue weighted by Crippen LogP contribution is -2.33. The molecule has 1 aromatic rings. The van der Waals surface area contributed by atoms with E-state index in [1.165, 1.54) is 31.4 Å². The van der Waals surface area contributed by atoms with Crippen LogP contribution in [0.15, 0.2) is 18.5 Å². The Kier molecular flexibility index (Phi) is 3.09. The molecule has 0 unspecified atom stereocenters. The molecule has 0 radical (unpaired) electrons. The van der Waals surface area contributed by atoms with Crippen LogP contribution >= 0.6 is 0 Å². The fourth-order valence-electron chi connectivity index (χ4n) is 2.47. The van der Waals surface area contributed by atoms with Gasteiger partial charge in [0.25, 0.3) is 0 Å². The van der Waals surface area contributed by atoms with Crippen LogP contribution in [-0.4, -0.2) is 17.6 Å². The Hall–Kier alpha value is -1.25. The van der Waals surface area contributed by atoms with E-state index >= 15 is 0 Å². The number of hydrogen-bond donors (Lipinski definition) is 1. The third kappa shape index (κ3) is 2.22. The highest BCUT2D eigenvalue weighted by molar-refractivity contribution is 5.53. The molecule has 2 rings (SSSR count).